The highest BCUT2D eigenvalue weighted by Crippen LogP contribution is 2.23. The Morgan fingerprint density at radius 1 is 1.19 bits per heavy atom. The largest absolute Gasteiger partial charge is 0.486 e. The lowest BCUT2D eigenvalue weighted by atomic mass is 10.2. The molecule has 26 heavy (non-hydrogen) atoms. The highest BCUT2D eigenvalue weighted by atomic mass is 35.5. The number of aromatic nitrogens is 2. The number of aryl methyl sites for hydroxylation is 1. The Bertz CT molecular complexity index is 917. The van der Waals surface area contributed by atoms with E-state index in [4.69, 9.17) is 16.3 Å². The van der Waals surface area contributed by atoms with E-state index in [1.54, 1.807) is 12.1 Å². The smallest absolute Gasteiger partial charge is 0.325 e. The van der Waals surface area contributed by atoms with E-state index in [9.17, 15) is 9.18 Å². The number of benzene rings is 2. The number of halogens is 2. The monoisotopic (exact) mass is 392 g/mol. The molecule has 6 nitrogen and oxygen atoms in total. The second kappa shape index (κ2) is 8.11. The minimum atomic E-state index is -0.492. The first-order valence-electron chi connectivity index (χ1n) is 7.54. The van der Waals surface area contributed by atoms with Crippen molar-refractivity contribution in [2.45, 2.75) is 13.5 Å². The van der Waals surface area contributed by atoms with Crippen LogP contribution in [0.2, 0.25) is 5.02 Å². The van der Waals surface area contributed by atoms with Crippen LogP contribution in [0.1, 0.15) is 10.6 Å². The maximum atomic E-state index is 12.8. The lowest BCUT2D eigenvalue weighted by Gasteiger charge is -2.05. The van der Waals surface area contributed by atoms with Gasteiger partial charge >= 0.3 is 6.03 Å². The molecule has 134 valence electrons. The molecule has 3 rings (SSSR count). The van der Waals surface area contributed by atoms with Gasteiger partial charge in [0.2, 0.25) is 5.13 Å². The molecule has 1 aromatic heterocycles. The Morgan fingerprint density at radius 2 is 1.96 bits per heavy atom. The molecule has 0 aliphatic carbocycles. The number of carbonyl (C=O) groups excluding carboxylic acids is 1. The highest BCUT2D eigenvalue weighted by Gasteiger charge is 2.09. The number of ether oxygens (including phenoxy) is 1. The number of rotatable bonds is 5. The number of hydrogen-bond donors (Lipinski definition) is 2. The summed E-state index contributed by atoms with van der Waals surface area (Å²) in [5.41, 5.74) is 1.39. The number of nitrogens with zero attached hydrogens (tertiary/aromatic N) is 2. The first-order valence-corrected chi connectivity index (χ1v) is 8.74. The van der Waals surface area contributed by atoms with Crippen LogP contribution in [0.3, 0.4) is 0 Å². The molecule has 1 heterocycles. The SMILES string of the molecule is Cc1cc(OCc2nnc(NC(=O)Nc3ccc(F)cc3)s2)ccc1Cl. The quantitative estimate of drug-likeness (QED) is 0.650. The van der Waals surface area contributed by atoms with Crippen LogP contribution in [0.5, 0.6) is 5.75 Å². The van der Waals surface area contributed by atoms with E-state index in [1.807, 2.05) is 13.0 Å². The Hall–Kier alpha value is -2.71. The van der Waals surface area contributed by atoms with Crippen LogP contribution in [0.25, 0.3) is 0 Å². The van der Waals surface area contributed by atoms with Gasteiger partial charge in [-0.3, -0.25) is 5.32 Å². The van der Waals surface area contributed by atoms with Gasteiger partial charge in [0.05, 0.1) is 0 Å². The van der Waals surface area contributed by atoms with Crippen molar-refractivity contribution in [3.8, 4) is 5.75 Å². The van der Waals surface area contributed by atoms with Gasteiger partial charge < -0.3 is 10.1 Å². The Kier molecular flexibility index (Phi) is 5.65. The molecule has 9 heteroatoms. The predicted octanol–water partition coefficient (Wildman–Crippen LogP) is 4.86. The summed E-state index contributed by atoms with van der Waals surface area (Å²) in [5.74, 6) is 0.297. The zero-order valence-corrected chi connectivity index (χ0v) is 15.2. The van der Waals surface area contributed by atoms with Crippen LogP contribution in [0, 0.1) is 12.7 Å². The van der Waals surface area contributed by atoms with Gasteiger partial charge in [0.25, 0.3) is 0 Å². The van der Waals surface area contributed by atoms with Crippen LogP contribution >= 0.6 is 22.9 Å². The van der Waals surface area contributed by atoms with E-state index >= 15 is 0 Å². The lowest BCUT2D eigenvalue weighted by Crippen LogP contribution is -2.19. The fourth-order valence-electron chi connectivity index (χ4n) is 2.01. The molecule has 0 aliphatic rings. The minimum Gasteiger partial charge on any atom is -0.486 e. The fraction of sp³-hybridized carbons (Fsp3) is 0.118. The molecule has 2 amide bonds. The lowest BCUT2D eigenvalue weighted by molar-refractivity contribution is 0.262. The minimum absolute atomic E-state index is 0.222. The van der Waals surface area contributed by atoms with E-state index < -0.39 is 6.03 Å². The second-order valence-electron chi connectivity index (χ2n) is 5.29. The zero-order chi connectivity index (χ0) is 18.5. The Labute approximate surface area is 158 Å². The molecule has 0 saturated heterocycles. The third-order valence-corrected chi connectivity index (χ3v) is 4.52. The van der Waals surface area contributed by atoms with Crippen molar-refractivity contribution in [2.24, 2.45) is 0 Å². The van der Waals surface area contributed by atoms with Crippen molar-refractivity contribution in [3.05, 3.63) is 63.9 Å². The highest BCUT2D eigenvalue weighted by molar-refractivity contribution is 7.15. The van der Waals surface area contributed by atoms with Gasteiger partial charge in [-0.05, 0) is 55.0 Å². The number of nitrogens with one attached hydrogen (secondary N) is 2. The van der Waals surface area contributed by atoms with Gasteiger partial charge in [0.1, 0.15) is 18.2 Å². The van der Waals surface area contributed by atoms with Crippen molar-refractivity contribution in [1.82, 2.24) is 10.2 Å². The van der Waals surface area contributed by atoms with Crippen LogP contribution < -0.4 is 15.4 Å². The summed E-state index contributed by atoms with van der Waals surface area (Å²) < 4.78 is 18.5. The number of hydrogen-bond acceptors (Lipinski definition) is 5. The van der Waals surface area contributed by atoms with Crippen LogP contribution in [-0.2, 0) is 6.61 Å². The Balaban J connectivity index is 1.53. The summed E-state index contributed by atoms with van der Waals surface area (Å²) in [7, 11) is 0. The standard InChI is InChI=1S/C17H14ClFN4O2S/c1-10-8-13(6-7-14(10)18)25-9-15-22-23-17(26-15)21-16(24)20-12-4-2-11(19)3-5-12/h2-8H,9H2,1H3,(H2,20,21,23,24). The van der Waals surface area contributed by atoms with E-state index in [0.717, 1.165) is 5.56 Å². The third kappa shape index (κ3) is 4.90. The molecule has 2 N–H and O–H groups in total. The number of amides is 2. The van der Waals surface area contributed by atoms with E-state index in [0.29, 0.717) is 26.6 Å². The molecule has 0 fully saturated rings. The van der Waals surface area contributed by atoms with Crippen molar-refractivity contribution in [1.29, 1.82) is 0 Å². The molecule has 0 spiro atoms. The zero-order valence-electron chi connectivity index (χ0n) is 13.6. The number of urea groups is 1. The molecule has 0 radical (unpaired) electrons. The molecular formula is C17H14ClFN4O2S. The maximum Gasteiger partial charge on any atom is 0.325 e. The Morgan fingerprint density at radius 3 is 2.69 bits per heavy atom. The first kappa shape index (κ1) is 18.1. The van der Waals surface area contributed by atoms with Gasteiger partial charge in [0.15, 0.2) is 5.01 Å². The van der Waals surface area contributed by atoms with Crippen molar-refractivity contribution >= 4 is 39.8 Å². The molecule has 0 atom stereocenters. The third-order valence-electron chi connectivity index (χ3n) is 3.28. The normalized spacial score (nSPS) is 10.4. The van der Waals surface area contributed by atoms with Gasteiger partial charge in [-0.25, -0.2) is 9.18 Å². The molecule has 0 unspecified atom stereocenters. The van der Waals surface area contributed by atoms with Gasteiger partial charge in [-0.2, -0.15) is 0 Å². The molecule has 0 aliphatic heterocycles. The average molecular weight is 393 g/mol. The van der Waals surface area contributed by atoms with E-state index in [1.165, 1.54) is 35.6 Å². The molecular weight excluding hydrogens is 379 g/mol. The van der Waals surface area contributed by atoms with E-state index in [-0.39, 0.29) is 12.4 Å². The summed E-state index contributed by atoms with van der Waals surface area (Å²) >= 11 is 7.17. The molecule has 2 aromatic carbocycles. The summed E-state index contributed by atoms with van der Waals surface area (Å²) in [6.45, 7) is 2.11. The van der Waals surface area contributed by atoms with Crippen LogP contribution in [0.4, 0.5) is 20.0 Å². The van der Waals surface area contributed by atoms with Gasteiger partial charge in [-0.15, -0.1) is 10.2 Å². The van der Waals surface area contributed by atoms with Crippen LogP contribution in [-0.4, -0.2) is 16.2 Å². The summed E-state index contributed by atoms with van der Waals surface area (Å²) in [4.78, 5) is 11.9. The first-order chi connectivity index (χ1) is 12.5. The number of anilines is 2. The molecule has 3 aromatic rings. The topological polar surface area (TPSA) is 76.1 Å². The van der Waals surface area contributed by atoms with Crippen molar-refractivity contribution in [2.75, 3.05) is 10.6 Å². The maximum absolute atomic E-state index is 12.8. The molecule has 0 bridgehead atoms. The van der Waals surface area contributed by atoms with Gasteiger partial charge in [0, 0.05) is 10.7 Å². The van der Waals surface area contributed by atoms with Gasteiger partial charge in [-0.1, -0.05) is 22.9 Å². The van der Waals surface area contributed by atoms with E-state index in [2.05, 4.69) is 20.8 Å². The second-order valence-corrected chi connectivity index (χ2v) is 6.76. The van der Waals surface area contributed by atoms with Crippen molar-refractivity contribution in [3.63, 3.8) is 0 Å². The van der Waals surface area contributed by atoms with Crippen LogP contribution in [0.15, 0.2) is 42.5 Å². The number of carbonyl (C=O) groups is 1. The van der Waals surface area contributed by atoms with Crippen molar-refractivity contribution < 1.29 is 13.9 Å². The predicted molar refractivity (Wildman–Crippen MR) is 99.5 cm³/mol. The fourth-order valence-corrected chi connectivity index (χ4v) is 2.77. The summed E-state index contributed by atoms with van der Waals surface area (Å²) in [6.07, 6.45) is 0. The average Bonchev–Trinajstić information content (AvgIpc) is 3.05. The summed E-state index contributed by atoms with van der Waals surface area (Å²) in [5, 5.41) is 14.6. The summed E-state index contributed by atoms with van der Waals surface area (Å²) in [6, 6.07) is 10.3. The molecule has 0 saturated carbocycles.